The van der Waals surface area contributed by atoms with Crippen LogP contribution in [-0.4, -0.2) is 32.1 Å². The lowest BCUT2D eigenvalue weighted by atomic mass is 10.0. The van der Waals surface area contributed by atoms with E-state index in [-0.39, 0.29) is 5.57 Å². The number of barbiturate groups is 1. The van der Waals surface area contributed by atoms with Crippen molar-refractivity contribution in [1.82, 2.24) is 5.32 Å². The zero-order chi connectivity index (χ0) is 20.4. The Morgan fingerprint density at radius 2 is 1.71 bits per heavy atom. The van der Waals surface area contributed by atoms with Gasteiger partial charge in [0.15, 0.2) is 0 Å². The standard InChI is InChI=1S/C21H20N2O5/c1-12-5-8-17(13(2)9-12)23-20(25)16(19(24)22-21(23)26)10-14-6-7-15(27-3)11-18(14)28-4/h5-11H,1-4H3,(H,22,24,26)/b16-10+. The highest BCUT2D eigenvalue weighted by Gasteiger charge is 2.37. The van der Waals surface area contributed by atoms with Gasteiger partial charge in [0.1, 0.15) is 17.1 Å². The highest BCUT2D eigenvalue weighted by Crippen LogP contribution is 2.29. The average molecular weight is 380 g/mol. The molecule has 0 bridgehead atoms. The number of rotatable bonds is 4. The predicted octanol–water partition coefficient (Wildman–Crippen LogP) is 2.99. The van der Waals surface area contributed by atoms with E-state index in [9.17, 15) is 14.4 Å². The first kappa shape index (κ1) is 19.2. The molecule has 1 aliphatic rings. The molecule has 0 radical (unpaired) electrons. The summed E-state index contributed by atoms with van der Waals surface area (Å²) < 4.78 is 10.5. The fourth-order valence-electron chi connectivity index (χ4n) is 3.03. The van der Waals surface area contributed by atoms with Crippen molar-refractivity contribution in [3.05, 3.63) is 58.7 Å². The van der Waals surface area contributed by atoms with Gasteiger partial charge in [-0.3, -0.25) is 14.9 Å². The van der Waals surface area contributed by atoms with E-state index in [4.69, 9.17) is 9.47 Å². The molecule has 1 heterocycles. The van der Waals surface area contributed by atoms with Gasteiger partial charge in [-0.2, -0.15) is 0 Å². The van der Waals surface area contributed by atoms with Crippen molar-refractivity contribution in [2.45, 2.75) is 13.8 Å². The molecule has 0 aliphatic carbocycles. The number of hydrogen-bond donors (Lipinski definition) is 1. The van der Waals surface area contributed by atoms with Crippen LogP contribution in [0.3, 0.4) is 0 Å². The molecule has 0 aromatic heterocycles. The van der Waals surface area contributed by atoms with Crippen molar-refractivity contribution >= 4 is 29.6 Å². The normalized spacial score (nSPS) is 15.6. The summed E-state index contributed by atoms with van der Waals surface area (Å²) in [6, 6.07) is 9.57. The largest absolute Gasteiger partial charge is 0.497 e. The summed E-state index contributed by atoms with van der Waals surface area (Å²) in [5, 5.41) is 2.22. The van der Waals surface area contributed by atoms with Crippen molar-refractivity contribution < 1.29 is 23.9 Å². The summed E-state index contributed by atoms with van der Waals surface area (Å²) in [7, 11) is 3.00. The number of aryl methyl sites for hydroxylation is 2. The van der Waals surface area contributed by atoms with Gasteiger partial charge in [-0.05, 0) is 43.7 Å². The topological polar surface area (TPSA) is 84.9 Å². The van der Waals surface area contributed by atoms with Gasteiger partial charge < -0.3 is 9.47 Å². The van der Waals surface area contributed by atoms with Crippen molar-refractivity contribution in [2.75, 3.05) is 19.1 Å². The Labute approximate surface area is 162 Å². The van der Waals surface area contributed by atoms with Crippen LogP contribution in [0.15, 0.2) is 42.0 Å². The molecule has 1 aliphatic heterocycles. The maximum absolute atomic E-state index is 13.0. The maximum atomic E-state index is 13.0. The molecule has 1 N–H and O–H groups in total. The number of anilines is 1. The van der Waals surface area contributed by atoms with Crippen LogP contribution in [0.25, 0.3) is 6.08 Å². The molecule has 3 rings (SSSR count). The number of benzene rings is 2. The van der Waals surface area contributed by atoms with Crippen molar-refractivity contribution in [1.29, 1.82) is 0 Å². The van der Waals surface area contributed by atoms with Crippen molar-refractivity contribution in [2.24, 2.45) is 0 Å². The second kappa shape index (κ2) is 7.56. The average Bonchev–Trinajstić information content (AvgIpc) is 2.66. The molecule has 7 heteroatoms. The lowest BCUT2D eigenvalue weighted by Crippen LogP contribution is -2.54. The second-order valence-electron chi connectivity index (χ2n) is 6.36. The van der Waals surface area contributed by atoms with Crippen LogP contribution >= 0.6 is 0 Å². The zero-order valence-corrected chi connectivity index (χ0v) is 16.0. The minimum absolute atomic E-state index is 0.164. The number of urea groups is 1. The van der Waals surface area contributed by atoms with E-state index in [1.165, 1.54) is 20.3 Å². The molecule has 4 amide bonds. The Morgan fingerprint density at radius 1 is 0.964 bits per heavy atom. The molecule has 28 heavy (non-hydrogen) atoms. The first-order chi connectivity index (χ1) is 13.3. The van der Waals surface area contributed by atoms with Crippen LogP contribution in [0.2, 0.25) is 0 Å². The minimum Gasteiger partial charge on any atom is -0.497 e. The van der Waals surface area contributed by atoms with Gasteiger partial charge in [-0.15, -0.1) is 0 Å². The molecule has 2 aromatic carbocycles. The van der Waals surface area contributed by atoms with E-state index in [2.05, 4.69) is 5.32 Å². The molecule has 1 saturated heterocycles. The van der Waals surface area contributed by atoms with Gasteiger partial charge in [-0.25, -0.2) is 9.69 Å². The third kappa shape index (κ3) is 3.46. The number of ether oxygens (including phenoxy) is 2. The van der Waals surface area contributed by atoms with Crippen LogP contribution in [-0.2, 0) is 9.59 Å². The number of carbonyl (C=O) groups is 3. The number of methoxy groups -OCH3 is 2. The Kier molecular flexibility index (Phi) is 5.17. The van der Waals surface area contributed by atoms with Gasteiger partial charge >= 0.3 is 6.03 Å². The summed E-state index contributed by atoms with van der Waals surface area (Å²) in [5.41, 5.74) is 2.52. The number of carbonyl (C=O) groups excluding carboxylic acids is 3. The van der Waals surface area contributed by atoms with Crippen LogP contribution in [0, 0.1) is 13.8 Å². The maximum Gasteiger partial charge on any atom is 0.335 e. The van der Waals surface area contributed by atoms with Crippen LogP contribution in [0.5, 0.6) is 11.5 Å². The second-order valence-corrected chi connectivity index (χ2v) is 6.36. The third-order valence-electron chi connectivity index (χ3n) is 4.44. The number of imide groups is 2. The highest BCUT2D eigenvalue weighted by atomic mass is 16.5. The van der Waals surface area contributed by atoms with Gasteiger partial charge in [0, 0.05) is 11.6 Å². The Hall–Kier alpha value is -3.61. The van der Waals surface area contributed by atoms with Gasteiger partial charge in [0.25, 0.3) is 11.8 Å². The van der Waals surface area contributed by atoms with E-state index in [1.54, 1.807) is 37.3 Å². The van der Waals surface area contributed by atoms with Crippen molar-refractivity contribution in [3.8, 4) is 11.5 Å². The van der Waals surface area contributed by atoms with E-state index in [0.717, 1.165) is 16.0 Å². The first-order valence-electron chi connectivity index (χ1n) is 8.56. The van der Waals surface area contributed by atoms with Crippen molar-refractivity contribution in [3.63, 3.8) is 0 Å². The number of hydrogen-bond acceptors (Lipinski definition) is 5. The SMILES string of the molecule is COc1ccc(/C=C2\C(=O)NC(=O)N(c3ccc(C)cc3C)C2=O)c(OC)c1. The predicted molar refractivity (Wildman–Crippen MR) is 104 cm³/mol. The van der Waals surface area contributed by atoms with Crippen LogP contribution in [0.1, 0.15) is 16.7 Å². The minimum atomic E-state index is -0.777. The van der Waals surface area contributed by atoms with E-state index >= 15 is 0 Å². The number of nitrogens with one attached hydrogen (secondary N) is 1. The molecule has 2 aromatic rings. The lowest BCUT2D eigenvalue weighted by Gasteiger charge is -2.27. The molecule has 7 nitrogen and oxygen atoms in total. The zero-order valence-electron chi connectivity index (χ0n) is 16.0. The summed E-state index contributed by atoms with van der Waals surface area (Å²) >= 11 is 0. The number of amides is 4. The summed E-state index contributed by atoms with van der Waals surface area (Å²) in [4.78, 5) is 38.7. The molecule has 144 valence electrons. The van der Waals surface area contributed by atoms with Crippen LogP contribution < -0.4 is 19.7 Å². The van der Waals surface area contributed by atoms with Gasteiger partial charge in [-0.1, -0.05) is 17.7 Å². The summed E-state index contributed by atoms with van der Waals surface area (Å²) in [6.07, 6.45) is 1.40. The summed E-state index contributed by atoms with van der Waals surface area (Å²) in [5.74, 6) is -0.444. The van der Waals surface area contributed by atoms with E-state index in [0.29, 0.717) is 22.7 Å². The highest BCUT2D eigenvalue weighted by molar-refractivity contribution is 6.39. The smallest absolute Gasteiger partial charge is 0.335 e. The molecule has 0 atom stereocenters. The Balaban J connectivity index is 2.06. The van der Waals surface area contributed by atoms with Gasteiger partial charge in [0.2, 0.25) is 0 Å². The van der Waals surface area contributed by atoms with E-state index in [1.807, 2.05) is 13.0 Å². The Bertz CT molecular complexity index is 1010. The van der Waals surface area contributed by atoms with Gasteiger partial charge in [0.05, 0.1) is 19.9 Å². The molecule has 0 saturated carbocycles. The lowest BCUT2D eigenvalue weighted by molar-refractivity contribution is -0.122. The monoisotopic (exact) mass is 380 g/mol. The summed E-state index contributed by atoms with van der Waals surface area (Å²) in [6.45, 7) is 3.72. The molecular weight excluding hydrogens is 360 g/mol. The molecular formula is C21H20N2O5. The Morgan fingerprint density at radius 3 is 2.36 bits per heavy atom. The fraction of sp³-hybridized carbons (Fsp3) is 0.190. The van der Waals surface area contributed by atoms with E-state index < -0.39 is 17.8 Å². The van der Waals surface area contributed by atoms with Crippen LogP contribution in [0.4, 0.5) is 10.5 Å². The fourth-order valence-corrected chi connectivity index (χ4v) is 3.03. The molecule has 0 unspecified atom stereocenters. The molecule has 0 spiro atoms. The first-order valence-corrected chi connectivity index (χ1v) is 8.56. The molecule has 1 fully saturated rings. The number of nitrogens with zero attached hydrogens (tertiary/aromatic N) is 1. The third-order valence-corrected chi connectivity index (χ3v) is 4.44. The quantitative estimate of drug-likeness (QED) is 0.651.